The number of hydrogen-bond donors (Lipinski definition) is 2. The third-order valence-corrected chi connectivity index (χ3v) is 6.74. The van der Waals surface area contributed by atoms with E-state index in [1.54, 1.807) is 20.8 Å². The van der Waals surface area contributed by atoms with Gasteiger partial charge in [0.05, 0.1) is 18.9 Å². The Morgan fingerprint density at radius 3 is 1.86 bits per heavy atom. The lowest BCUT2D eigenvalue weighted by molar-refractivity contribution is -0.00599. The number of piperazine rings is 2. The topological polar surface area (TPSA) is 184 Å². The molecule has 1 atom stereocenters. The predicted molar refractivity (Wildman–Crippen MR) is 150 cm³/mol. The Balaban J connectivity index is 0.000000428. The van der Waals surface area contributed by atoms with E-state index in [0.29, 0.717) is 0 Å². The lowest BCUT2D eigenvalue weighted by Gasteiger charge is -2.41. The summed E-state index contributed by atoms with van der Waals surface area (Å²) in [6, 6.07) is 8.86. The molecule has 0 spiro atoms. The Hall–Kier alpha value is -3.79. The van der Waals surface area contributed by atoms with Crippen LogP contribution in [0.15, 0.2) is 30.3 Å². The second-order valence-corrected chi connectivity index (χ2v) is 12.3. The summed E-state index contributed by atoms with van der Waals surface area (Å²) in [7, 11) is -3.60. The first-order chi connectivity index (χ1) is 19.6. The van der Waals surface area contributed by atoms with Crippen LogP contribution in [0.1, 0.15) is 32.8 Å². The Morgan fingerprint density at radius 1 is 0.857 bits per heavy atom. The Labute approximate surface area is 245 Å². The lowest BCUT2D eigenvalue weighted by atomic mass is 10.1. The van der Waals surface area contributed by atoms with E-state index in [1.807, 2.05) is 30.3 Å². The normalized spacial score (nSPS) is 17.6. The zero-order chi connectivity index (χ0) is 31.5. The molecule has 16 heteroatoms. The molecule has 2 heterocycles. The smallest absolute Gasteiger partial charge is 0.410 e. The maximum atomic E-state index is 12.6. The molecule has 4 amide bonds. The van der Waals surface area contributed by atoms with Crippen molar-refractivity contribution in [2.24, 2.45) is 0 Å². The van der Waals surface area contributed by atoms with E-state index < -0.39 is 46.1 Å². The van der Waals surface area contributed by atoms with Crippen molar-refractivity contribution >= 4 is 34.5 Å². The molecule has 0 unspecified atom stereocenters. The SMILES string of the molecule is CC(C)(C)OC(=O)N1CCN(C(=O)OCc2ccccc2)C[C@H]1CCOS(C)(=O)=O.O=C(O)N1CCN(C(=O)O)CC1. The molecule has 2 fully saturated rings. The largest absolute Gasteiger partial charge is 0.465 e. The van der Waals surface area contributed by atoms with E-state index in [2.05, 4.69) is 0 Å². The van der Waals surface area contributed by atoms with Gasteiger partial charge in [-0.15, -0.1) is 0 Å². The van der Waals surface area contributed by atoms with Crippen molar-refractivity contribution in [3.63, 3.8) is 0 Å². The van der Waals surface area contributed by atoms with Gasteiger partial charge in [-0.1, -0.05) is 30.3 Å². The monoisotopic (exact) mass is 616 g/mol. The number of ether oxygens (including phenoxy) is 2. The quantitative estimate of drug-likeness (QED) is 0.448. The minimum Gasteiger partial charge on any atom is -0.465 e. The van der Waals surface area contributed by atoms with Crippen LogP contribution >= 0.6 is 0 Å². The van der Waals surface area contributed by atoms with Gasteiger partial charge >= 0.3 is 24.4 Å². The van der Waals surface area contributed by atoms with E-state index in [-0.39, 0.29) is 65.4 Å². The van der Waals surface area contributed by atoms with Crippen molar-refractivity contribution in [1.29, 1.82) is 0 Å². The zero-order valence-corrected chi connectivity index (χ0v) is 25.1. The minimum absolute atomic E-state index is 0.101. The van der Waals surface area contributed by atoms with Crippen LogP contribution in [0.3, 0.4) is 0 Å². The zero-order valence-electron chi connectivity index (χ0n) is 24.3. The summed E-state index contributed by atoms with van der Waals surface area (Å²) in [5.74, 6) is 0. The van der Waals surface area contributed by atoms with Crippen LogP contribution in [0.2, 0.25) is 0 Å². The average molecular weight is 617 g/mol. The maximum absolute atomic E-state index is 12.6. The van der Waals surface area contributed by atoms with Crippen molar-refractivity contribution in [2.75, 3.05) is 58.7 Å². The lowest BCUT2D eigenvalue weighted by Crippen LogP contribution is -2.57. The summed E-state index contributed by atoms with van der Waals surface area (Å²) >= 11 is 0. The Kier molecular flexibility index (Phi) is 12.7. The summed E-state index contributed by atoms with van der Waals surface area (Å²) in [5.41, 5.74) is 0.202. The van der Waals surface area contributed by atoms with Gasteiger partial charge in [0.2, 0.25) is 0 Å². The molecular formula is C26H40N4O11S. The van der Waals surface area contributed by atoms with E-state index >= 15 is 0 Å². The fraction of sp³-hybridized carbons (Fsp3) is 0.615. The molecule has 0 saturated carbocycles. The van der Waals surface area contributed by atoms with Crippen molar-refractivity contribution in [3.05, 3.63) is 35.9 Å². The summed E-state index contributed by atoms with van der Waals surface area (Å²) in [6.07, 6.45) is -1.78. The first kappa shape index (κ1) is 34.4. The molecule has 15 nitrogen and oxygen atoms in total. The molecule has 0 aromatic heterocycles. The van der Waals surface area contributed by atoms with Crippen LogP contribution in [0, 0.1) is 0 Å². The number of carboxylic acid groups (broad SMARTS) is 2. The van der Waals surface area contributed by atoms with Gasteiger partial charge in [0, 0.05) is 45.8 Å². The van der Waals surface area contributed by atoms with Crippen LogP contribution in [0.4, 0.5) is 19.2 Å². The summed E-state index contributed by atoms with van der Waals surface area (Å²) in [5, 5.41) is 17.0. The standard InChI is InChI=1S/C20H30N2O7S.C6H10N2O4/c1-20(2,3)29-19(24)22-12-11-21(14-17(22)10-13-28-30(4,25)26)18(23)27-15-16-8-6-5-7-9-16;9-5(10)7-1-2-8(4-3-7)6(11)12/h5-9,17H,10-15H2,1-4H3;1-4H2,(H,9,10)(H,11,12)/t17-;/m1./s1. The highest BCUT2D eigenvalue weighted by atomic mass is 32.2. The summed E-state index contributed by atoms with van der Waals surface area (Å²) < 4.78 is 38.2. The summed E-state index contributed by atoms with van der Waals surface area (Å²) in [4.78, 5) is 51.3. The highest BCUT2D eigenvalue weighted by Gasteiger charge is 2.35. The van der Waals surface area contributed by atoms with Gasteiger partial charge in [0.15, 0.2) is 0 Å². The number of rotatable bonds is 6. The third kappa shape index (κ3) is 12.4. The van der Waals surface area contributed by atoms with Crippen LogP contribution in [-0.2, 0) is 30.4 Å². The van der Waals surface area contributed by atoms with Gasteiger partial charge in [0.25, 0.3) is 10.1 Å². The molecule has 236 valence electrons. The molecule has 2 N–H and O–H groups in total. The van der Waals surface area contributed by atoms with Crippen molar-refractivity contribution in [3.8, 4) is 0 Å². The van der Waals surface area contributed by atoms with Gasteiger partial charge in [-0.05, 0) is 32.8 Å². The molecule has 1 aromatic rings. The molecule has 2 aliphatic rings. The molecule has 1 aromatic carbocycles. The molecule has 2 aliphatic heterocycles. The molecule has 42 heavy (non-hydrogen) atoms. The molecular weight excluding hydrogens is 576 g/mol. The predicted octanol–water partition coefficient (Wildman–Crippen LogP) is 2.57. The van der Waals surface area contributed by atoms with Gasteiger partial charge in [-0.3, -0.25) is 4.18 Å². The fourth-order valence-corrected chi connectivity index (χ4v) is 4.46. The Bertz CT molecular complexity index is 1140. The van der Waals surface area contributed by atoms with E-state index in [4.69, 9.17) is 23.9 Å². The number of carbonyl (C=O) groups is 4. The molecule has 0 radical (unpaired) electrons. The number of hydrogen-bond acceptors (Lipinski definition) is 9. The molecule has 0 aliphatic carbocycles. The molecule has 2 saturated heterocycles. The number of carbonyl (C=O) groups excluding carboxylic acids is 2. The highest BCUT2D eigenvalue weighted by Crippen LogP contribution is 2.19. The molecule has 3 rings (SSSR count). The van der Waals surface area contributed by atoms with E-state index in [0.717, 1.165) is 11.8 Å². The van der Waals surface area contributed by atoms with E-state index in [1.165, 1.54) is 19.6 Å². The van der Waals surface area contributed by atoms with Crippen molar-refractivity contribution in [1.82, 2.24) is 19.6 Å². The second-order valence-electron chi connectivity index (χ2n) is 10.7. The molecule has 0 bridgehead atoms. The maximum Gasteiger partial charge on any atom is 0.410 e. The minimum atomic E-state index is -3.60. The first-order valence-electron chi connectivity index (χ1n) is 13.3. The van der Waals surface area contributed by atoms with Crippen LogP contribution in [0.5, 0.6) is 0 Å². The van der Waals surface area contributed by atoms with Crippen molar-refractivity contribution < 1.29 is 51.5 Å². The van der Waals surface area contributed by atoms with Gasteiger partial charge in [-0.2, -0.15) is 8.42 Å². The van der Waals surface area contributed by atoms with Gasteiger partial charge in [0.1, 0.15) is 12.2 Å². The first-order valence-corrected chi connectivity index (χ1v) is 15.1. The van der Waals surface area contributed by atoms with Crippen LogP contribution < -0.4 is 0 Å². The third-order valence-electron chi connectivity index (χ3n) is 6.14. The average Bonchev–Trinajstić information content (AvgIpc) is 2.91. The van der Waals surface area contributed by atoms with Crippen LogP contribution in [0.25, 0.3) is 0 Å². The van der Waals surface area contributed by atoms with Crippen LogP contribution in [-0.4, -0.2) is 133 Å². The number of benzene rings is 1. The van der Waals surface area contributed by atoms with Gasteiger partial charge < -0.3 is 39.3 Å². The second kappa shape index (κ2) is 15.4. The fourth-order valence-electron chi connectivity index (χ4n) is 4.06. The number of nitrogens with zero attached hydrogens (tertiary/aromatic N) is 4. The Morgan fingerprint density at radius 2 is 1.38 bits per heavy atom. The van der Waals surface area contributed by atoms with E-state index in [9.17, 15) is 27.6 Å². The summed E-state index contributed by atoms with van der Waals surface area (Å²) in [6.45, 7) is 7.14. The van der Waals surface area contributed by atoms with Gasteiger partial charge in [-0.25, -0.2) is 19.2 Å². The number of amides is 4. The van der Waals surface area contributed by atoms with Crippen molar-refractivity contribution in [2.45, 2.75) is 45.4 Å². The highest BCUT2D eigenvalue weighted by molar-refractivity contribution is 7.85.